The summed E-state index contributed by atoms with van der Waals surface area (Å²) in [5.74, 6) is 1.82. The maximum atomic E-state index is 12.0. The third kappa shape index (κ3) is 3.53. The Kier molecular flexibility index (Phi) is 4.61. The Bertz CT molecular complexity index is 331. The van der Waals surface area contributed by atoms with Crippen LogP contribution in [0.25, 0.3) is 0 Å². The molecule has 4 heteroatoms. The van der Waals surface area contributed by atoms with Crippen molar-refractivity contribution in [3.63, 3.8) is 0 Å². The molecule has 0 aromatic heterocycles. The van der Waals surface area contributed by atoms with Gasteiger partial charge in [-0.3, -0.25) is 4.79 Å². The van der Waals surface area contributed by atoms with Crippen LogP contribution in [0.4, 0.5) is 0 Å². The second-order valence-corrected chi connectivity index (χ2v) is 6.74. The van der Waals surface area contributed by atoms with E-state index in [1.54, 1.807) is 0 Å². The molecule has 3 fully saturated rings. The molecule has 0 aromatic rings. The van der Waals surface area contributed by atoms with Gasteiger partial charge in [0.1, 0.15) is 6.04 Å². The van der Waals surface area contributed by atoms with Gasteiger partial charge in [-0.25, -0.2) is 0 Å². The van der Waals surface area contributed by atoms with E-state index in [4.69, 9.17) is 4.74 Å². The summed E-state index contributed by atoms with van der Waals surface area (Å²) in [6, 6.07) is 0.463. The van der Waals surface area contributed by atoms with Crippen LogP contribution < -0.4 is 5.32 Å². The average molecular weight is 280 g/mol. The van der Waals surface area contributed by atoms with Gasteiger partial charge >= 0.3 is 5.97 Å². The second kappa shape index (κ2) is 6.44. The number of esters is 1. The van der Waals surface area contributed by atoms with Crippen molar-refractivity contribution >= 4 is 5.97 Å². The molecule has 0 aromatic carbocycles. The molecular formula is C16H28N2O2. The number of hydrogen-bond acceptors (Lipinski definition) is 4. The van der Waals surface area contributed by atoms with Gasteiger partial charge in [-0.05, 0) is 50.9 Å². The number of nitrogens with one attached hydrogen (secondary N) is 1. The number of likely N-dealkylation sites (tertiary alicyclic amines) is 1. The van der Waals surface area contributed by atoms with Crippen LogP contribution in [-0.2, 0) is 9.53 Å². The average Bonchev–Trinajstić information content (AvgIpc) is 2.99. The smallest absolute Gasteiger partial charge is 0.323 e. The molecule has 20 heavy (non-hydrogen) atoms. The van der Waals surface area contributed by atoms with Gasteiger partial charge in [0.05, 0.1) is 6.61 Å². The maximum Gasteiger partial charge on any atom is 0.323 e. The van der Waals surface area contributed by atoms with Crippen LogP contribution >= 0.6 is 0 Å². The minimum atomic E-state index is -0.0945. The number of carbonyl (C=O) groups excluding carboxylic acids is 1. The van der Waals surface area contributed by atoms with E-state index in [9.17, 15) is 4.79 Å². The molecule has 1 saturated heterocycles. The van der Waals surface area contributed by atoms with Crippen LogP contribution in [0.1, 0.15) is 45.4 Å². The highest BCUT2D eigenvalue weighted by atomic mass is 16.5. The van der Waals surface area contributed by atoms with E-state index in [0.717, 1.165) is 24.8 Å². The standard InChI is InChI=1S/C16H28N2O2/c1-2-20-16(19)15(17-14-6-7-14)8-9-18-10-12-4-3-5-13(12)11-18/h12-15,17H,2-11H2,1H3. The first-order chi connectivity index (χ1) is 9.76. The van der Waals surface area contributed by atoms with Crippen LogP contribution in [0.3, 0.4) is 0 Å². The highest BCUT2D eigenvalue weighted by Gasteiger charge is 2.36. The summed E-state index contributed by atoms with van der Waals surface area (Å²) in [5, 5.41) is 3.45. The van der Waals surface area contributed by atoms with E-state index in [1.807, 2.05) is 6.92 Å². The highest BCUT2D eigenvalue weighted by molar-refractivity contribution is 5.75. The molecule has 3 aliphatic rings. The Morgan fingerprint density at radius 2 is 1.95 bits per heavy atom. The largest absolute Gasteiger partial charge is 0.465 e. The van der Waals surface area contributed by atoms with Crippen molar-refractivity contribution in [2.75, 3.05) is 26.2 Å². The first kappa shape index (κ1) is 14.3. The van der Waals surface area contributed by atoms with E-state index >= 15 is 0 Å². The minimum Gasteiger partial charge on any atom is -0.465 e. The summed E-state index contributed by atoms with van der Waals surface area (Å²) >= 11 is 0. The van der Waals surface area contributed by atoms with Crippen molar-refractivity contribution in [1.29, 1.82) is 0 Å². The zero-order valence-electron chi connectivity index (χ0n) is 12.6. The van der Waals surface area contributed by atoms with Gasteiger partial charge in [0.15, 0.2) is 0 Å². The lowest BCUT2D eigenvalue weighted by molar-refractivity contribution is -0.146. The van der Waals surface area contributed by atoms with E-state index in [2.05, 4.69) is 10.2 Å². The summed E-state index contributed by atoms with van der Waals surface area (Å²) < 4.78 is 5.20. The maximum absolute atomic E-state index is 12.0. The summed E-state index contributed by atoms with van der Waals surface area (Å²) in [7, 11) is 0. The molecular weight excluding hydrogens is 252 g/mol. The topological polar surface area (TPSA) is 41.6 Å². The van der Waals surface area contributed by atoms with Crippen LogP contribution in [0.5, 0.6) is 0 Å². The summed E-state index contributed by atoms with van der Waals surface area (Å²) in [6.45, 7) is 5.91. The van der Waals surface area contributed by atoms with Gasteiger partial charge in [0.2, 0.25) is 0 Å². The number of nitrogens with zero attached hydrogens (tertiary/aromatic N) is 1. The second-order valence-electron chi connectivity index (χ2n) is 6.74. The lowest BCUT2D eigenvalue weighted by Gasteiger charge is -2.21. The van der Waals surface area contributed by atoms with E-state index < -0.39 is 0 Å². The van der Waals surface area contributed by atoms with Crippen molar-refractivity contribution in [2.45, 2.75) is 57.5 Å². The molecule has 1 aliphatic heterocycles. The monoisotopic (exact) mass is 280 g/mol. The molecule has 2 aliphatic carbocycles. The molecule has 114 valence electrons. The number of ether oxygens (including phenoxy) is 1. The Morgan fingerprint density at radius 1 is 1.25 bits per heavy atom. The van der Waals surface area contributed by atoms with Crippen LogP contribution in [0.2, 0.25) is 0 Å². The first-order valence-electron chi connectivity index (χ1n) is 8.41. The zero-order chi connectivity index (χ0) is 13.9. The molecule has 0 radical (unpaired) electrons. The Balaban J connectivity index is 1.45. The van der Waals surface area contributed by atoms with Gasteiger partial charge in [0.25, 0.3) is 0 Å². The van der Waals surface area contributed by atoms with E-state index in [-0.39, 0.29) is 12.0 Å². The molecule has 1 heterocycles. The molecule has 1 N–H and O–H groups in total. The SMILES string of the molecule is CCOC(=O)C(CCN1CC2CCCC2C1)NC1CC1. The molecule has 3 unspecified atom stereocenters. The predicted molar refractivity (Wildman–Crippen MR) is 78.5 cm³/mol. The van der Waals surface area contributed by atoms with Gasteiger partial charge in [-0.1, -0.05) is 6.42 Å². The minimum absolute atomic E-state index is 0.0567. The third-order valence-corrected chi connectivity index (χ3v) is 5.12. The third-order valence-electron chi connectivity index (χ3n) is 5.12. The molecule has 3 atom stereocenters. The van der Waals surface area contributed by atoms with Crippen LogP contribution in [-0.4, -0.2) is 49.2 Å². The number of fused-ring (bicyclic) bond motifs is 1. The van der Waals surface area contributed by atoms with Crippen molar-refractivity contribution < 1.29 is 9.53 Å². The van der Waals surface area contributed by atoms with Crippen molar-refractivity contribution in [3.05, 3.63) is 0 Å². The van der Waals surface area contributed by atoms with Gasteiger partial charge in [0, 0.05) is 25.7 Å². The Morgan fingerprint density at radius 3 is 2.55 bits per heavy atom. The van der Waals surface area contributed by atoms with Crippen molar-refractivity contribution in [3.8, 4) is 0 Å². The van der Waals surface area contributed by atoms with Gasteiger partial charge in [-0.2, -0.15) is 0 Å². The fraction of sp³-hybridized carbons (Fsp3) is 0.938. The van der Waals surface area contributed by atoms with Crippen LogP contribution in [0, 0.1) is 11.8 Å². The van der Waals surface area contributed by atoms with Crippen molar-refractivity contribution in [2.24, 2.45) is 11.8 Å². The van der Waals surface area contributed by atoms with Crippen LogP contribution in [0.15, 0.2) is 0 Å². The molecule has 0 spiro atoms. The molecule has 2 saturated carbocycles. The van der Waals surface area contributed by atoms with Gasteiger partial charge in [-0.15, -0.1) is 0 Å². The molecule has 0 amide bonds. The Hall–Kier alpha value is -0.610. The molecule has 0 bridgehead atoms. The lowest BCUT2D eigenvalue weighted by atomic mass is 10.0. The fourth-order valence-corrected chi connectivity index (χ4v) is 3.87. The zero-order valence-corrected chi connectivity index (χ0v) is 12.6. The summed E-state index contributed by atoms with van der Waals surface area (Å²) in [4.78, 5) is 14.6. The number of carbonyl (C=O) groups is 1. The predicted octanol–water partition coefficient (Wildman–Crippen LogP) is 1.79. The highest BCUT2D eigenvalue weighted by Crippen LogP contribution is 2.37. The number of hydrogen-bond donors (Lipinski definition) is 1. The number of rotatable bonds is 7. The first-order valence-corrected chi connectivity index (χ1v) is 8.41. The van der Waals surface area contributed by atoms with E-state index in [1.165, 1.54) is 45.2 Å². The quantitative estimate of drug-likeness (QED) is 0.722. The van der Waals surface area contributed by atoms with E-state index in [0.29, 0.717) is 12.6 Å². The summed E-state index contributed by atoms with van der Waals surface area (Å²) in [6.07, 6.45) is 7.59. The fourth-order valence-electron chi connectivity index (χ4n) is 3.87. The normalized spacial score (nSPS) is 31.2. The molecule has 3 rings (SSSR count). The van der Waals surface area contributed by atoms with Gasteiger partial charge < -0.3 is 15.0 Å². The summed E-state index contributed by atoms with van der Waals surface area (Å²) in [5.41, 5.74) is 0. The lowest BCUT2D eigenvalue weighted by Crippen LogP contribution is -2.42. The Labute approximate surface area is 122 Å². The molecule has 4 nitrogen and oxygen atoms in total. The van der Waals surface area contributed by atoms with Crippen molar-refractivity contribution in [1.82, 2.24) is 10.2 Å².